The number of ether oxygens (including phenoxy) is 3. The predicted molar refractivity (Wildman–Crippen MR) is 91.5 cm³/mol. The Labute approximate surface area is 150 Å². The number of likely N-dealkylation sites (N-methyl/N-ethyl adjacent to an activating group) is 1. The van der Waals surface area contributed by atoms with E-state index in [2.05, 4.69) is 10.1 Å². The van der Waals surface area contributed by atoms with Gasteiger partial charge in [-0.3, -0.25) is 14.9 Å². The molecule has 1 aromatic carbocycles. The molecule has 1 aliphatic heterocycles. The molecule has 0 bridgehead atoms. The number of benzene rings is 1. The summed E-state index contributed by atoms with van der Waals surface area (Å²) in [6, 6.07) is 2.52. The molecule has 10 heteroatoms. The van der Waals surface area contributed by atoms with Crippen LogP contribution in [0.25, 0.3) is 0 Å². The third kappa shape index (κ3) is 4.60. The van der Waals surface area contributed by atoms with Crippen LogP contribution in [0.5, 0.6) is 5.75 Å². The quantitative estimate of drug-likeness (QED) is 0.411. The molecule has 142 valence electrons. The number of nitro benzene ring substituents is 1. The predicted octanol–water partition coefficient (Wildman–Crippen LogP) is 1.05. The average molecular weight is 367 g/mol. The summed E-state index contributed by atoms with van der Waals surface area (Å²) < 4.78 is 15.3. The highest BCUT2D eigenvalue weighted by molar-refractivity contribution is 5.93. The van der Waals surface area contributed by atoms with Crippen molar-refractivity contribution in [3.63, 3.8) is 0 Å². The molecule has 1 unspecified atom stereocenters. The van der Waals surface area contributed by atoms with Crippen LogP contribution in [0.4, 0.5) is 11.4 Å². The van der Waals surface area contributed by atoms with Gasteiger partial charge in [0.25, 0.3) is 5.91 Å². The SMILES string of the molecule is COC(=O)c1cc(NCC2CCO2)c([N+](=O)[O-])c(OCC(=O)N(C)C)c1. The number of carbonyl (C=O) groups is 2. The van der Waals surface area contributed by atoms with Gasteiger partial charge in [0.15, 0.2) is 6.61 Å². The molecular weight excluding hydrogens is 346 g/mol. The van der Waals surface area contributed by atoms with Gasteiger partial charge >= 0.3 is 11.7 Å². The van der Waals surface area contributed by atoms with E-state index in [1.807, 2.05) is 0 Å². The van der Waals surface area contributed by atoms with Gasteiger partial charge in [-0.25, -0.2) is 4.79 Å². The highest BCUT2D eigenvalue weighted by Crippen LogP contribution is 2.37. The first-order chi connectivity index (χ1) is 12.3. The Hall–Kier alpha value is -2.88. The summed E-state index contributed by atoms with van der Waals surface area (Å²) in [6.07, 6.45) is 0.800. The number of nitrogens with zero attached hydrogens (tertiary/aromatic N) is 2. The lowest BCUT2D eigenvalue weighted by Crippen LogP contribution is -2.33. The molecular formula is C16H21N3O7. The minimum absolute atomic E-state index is 0.0453. The maximum absolute atomic E-state index is 11.9. The number of rotatable bonds is 8. The fourth-order valence-electron chi connectivity index (χ4n) is 2.21. The van der Waals surface area contributed by atoms with Crippen molar-refractivity contribution in [1.29, 1.82) is 0 Å². The van der Waals surface area contributed by atoms with E-state index in [-0.39, 0.29) is 34.7 Å². The number of methoxy groups -OCH3 is 1. The third-order valence-corrected chi connectivity index (χ3v) is 3.84. The van der Waals surface area contributed by atoms with Crippen molar-refractivity contribution in [3.8, 4) is 5.75 Å². The first kappa shape index (κ1) is 19.4. The normalized spacial score (nSPS) is 15.6. The van der Waals surface area contributed by atoms with E-state index >= 15 is 0 Å². The molecule has 1 amide bonds. The lowest BCUT2D eigenvalue weighted by atomic mass is 10.1. The van der Waals surface area contributed by atoms with Crippen LogP contribution in [0.3, 0.4) is 0 Å². The number of hydrogen-bond acceptors (Lipinski definition) is 8. The minimum Gasteiger partial charge on any atom is -0.477 e. The van der Waals surface area contributed by atoms with Gasteiger partial charge in [0.2, 0.25) is 5.75 Å². The largest absolute Gasteiger partial charge is 0.477 e. The van der Waals surface area contributed by atoms with Gasteiger partial charge in [0, 0.05) is 33.3 Å². The van der Waals surface area contributed by atoms with Crippen LogP contribution in [-0.2, 0) is 14.3 Å². The second kappa shape index (κ2) is 8.48. The summed E-state index contributed by atoms with van der Waals surface area (Å²) in [7, 11) is 4.28. The Morgan fingerprint density at radius 2 is 2.12 bits per heavy atom. The van der Waals surface area contributed by atoms with E-state index in [0.717, 1.165) is 6.42 Å². The second-order valence-electron chi connectivity index (χ2n) is 5.86. The van der Waals surface area contributed by atoms with Crippen molar-refractivity contribution in [3.05, 3.63) is 27.8 Å². The van der Waals surface area contributed by atoms with Gasteiger partial charge in [0.05, 0.1) is 23.7 Å². The standard InChI is InChI=1S/C16H21N3O7/c1-18(2)14(20)9-26-13-7-10(16(21)24-3)6-12(15(13)19(22)23)17-8-11-4-5-25-11/h6-7,11,17H,4-5,8-9H2,1-3H3. The fraction of sp³-hybridized carbons (Fsp3) is 0.500. The van der Waals surface area contributed by atoms with E-state index in [9.17, 15) is 19.7 Å². The summed E-state index contributed by atoms with van der Waals surface area (Å²) in [5.74, 6) is -1.24. The summed E-state index contributed by atoms with van der Waals surface area (Å²) in [4.78, 5) is 35.8. The van der Waals surface area contributed by atoms with E-state index in [4.69, 9.17) is 9.47 Å². The van der Waals surface area contributed by atoms with Crippen molar-refractivity contribution >= 4 is 23.3 Å². The summed E-state index contributed by atoms with van der Waals surface area (Å²) in [5, 5.41) is 14.5. The Morgan fingerprint density at radius 3 is 2.62 bits per heavy atom. The second-order valence-corrected chi connectivity index (χ2v) is 5.86. The number of nitro groups is 1. The summed E-state index contributed by atoms with van der Waals surface area (Å²) >= 11 is 0. The summed E-state index contributed by atoms with van der Waals surface area (Å²) in [5.41, 5.74) is -0.188. The van der Waals surface area contributed by atoms with Gasteiger partial charge in [-0.05, 0) is 12.5 Å². The molecule has 1 saturated heterocycles. The van der Waals surface area contributed by atoms with Gasteiger partial charge in [-0.1, -0.05) is 0 Å². The Bertz CT molecular complexity index is 701. The zero-order valence-corrected chi connectivity index (χ0v) is 14.8. The molecule has 0 spiro atoms. The maximum atomic E-state index is 11.9. The molecule has 0 radical (unpaired) electrons. The van der Waals surface area contributed by atoms with Crippen molar-refractivity contribution in [1.82, 2.24) is 4.90 Å². The lowest BCUT2D eigenvalue weighted by molar-refractivity contribution is -0.384. The van der Waals surface area contributed by atoms with Crippen molar-refractivity contribution in [2.24, 2.45) is 0 Å². The van der Waals surface area contributed by atoms with Crippen LogP contribution in [0.2, 0.25) is 0 Å². The van der Waals surface area contributed by atoms with E-state index in [1.54, 1.807) is 0 Å². The number of amides is 1. The highest BCUT2D eigenvalue weighted by atomic mass is 16.6. The number of esters is 1. The van der Waals surface area contributed by atoms with Crippen molar-refractivity contribution in [2.75, 3.05) is 46.3 Å². The number of carbonyl (C=O) groups excluding carboxylic acids is 2. The molecule has 2 rings (SSSR count). The van der Waals surface area contributed by atoms with E-state index in [0.29, 0.717) is 13.2 Å². The molecule has 1 atom stereocenters. The molecule has 0 aromatic heterocycles. The van der Waals surface area contributed by atoms with Crippen LogP contribution in [0.15, 0.2) is 12.1 Å². The van der Waals surface area contributed by atoms with Crippen LogP contribution in [-0.4, -0.2) is 68.8 Å². The van der Waals surface area contributed by atoms with Gasteiger partial charge in [0.1, 0.15) is 5.69 Å². The van der Waals surface area contributed by atoms with Crippen LogP contribution >= 0.6 is 0 Å². The fourth-order valence-corrected chi connectivity index (χ4v) is 2.21. The lowest BCUT2D eigenvalue weighted by Gasteiger charge is -2.27. The molecule has 1 N–H and O–H groups in total. The molecule has 1 aromatic rings. The molecule has 1 heterocycles. The van der Waals surface area contributed by atoms with E-state index in [1.165, 1.54) is 38.2 Å². The van der Waals surface area contributed by atoms with Gasteiger partial charge in [-0.15, -0.1) is 0 Å². The molecule has 26 heavy (non-hydrogen) atoms. The zero-order valence-electron chi connectivity index (χ0n) is 14.8. The Kier molecular flexibility index (Phi) is 6.34. The number of anilines is 1. The molecule has 1 aliphatic rings. The number of nitrogens with one attached hydrogen (secondary N) is 1. The van der Waals surface area contributed by atoms with Crippen molar-refractivity contribution in [2.45, 2.75) is 12.5 Å². The Morgan fingerprint density at radius 1 is 1.42 bits per heavy atom. The first-order valence-electron chi connectivity index (χ1n) is 7.92. The average Bonchev–Trinajstić information content (AvgIpc) is 2.56. The van der Waals surface area contributed by atoms with Crippen LogP contribution in [0.1, 0.15) is 16.8 Å². The van der Waals surface area contributed by atoms with Gasteiger partial charge in [-0.2, -0.15) is 0 Å². The molecule has 0 saturated carbocycles. The first-order valence-corrected chi connectivity index (χ1v) is 7.92. The maximum Gasteiger partial charge on any atom is 0.338 e. The van der Waals surface area contributed by atoms with Gasteiger partial charge < -0.3 is 24.4 Å². The summed E-state index contributed by atoms with van der Waals surface area (Å²) in [6.45, 7) is 0.600. The van der Waals surface area contributed by atoms with Crippen LogP contribution < -0.4 is 10.1 Å². The monoisotopic (exact) mass is 367 g/mol. The zero-order chi connectivity index (χ0) is 19.3. The Balaban J connectivity index is 2.35. The highest BCUT2D eigenvalue weighted by Gasteiger charge is 2.27. The third-order valence-electron chi connectivity index (χ3n) is 3.84. The number of hydrogen-bond donors (Lipinski definition) is 1. The molecule has 1 fully saturated rings. The van der Waals surface area contributed by atoms with E-state index < -0.39 is 17.5 Å². The van der Waals surface area contributed by atoms with Crippen LogP contribution in [0, 0.1) is 10.1 Å². The minimum atomic E-state index is -0.674. The molecule has 10 nitrogen and oxygen atoms in total. The van der Waals surface area contributed by atoms with Crippen molar-refractivity contribution < 1.29 is 28.7 Å². The smallest absolute Gasteiger partial charge is 0.338 e. The topological polar surface area (TPSA) is 120 Å². The molecule has 0 aliphatic carbocycles.